The smallest absolute Gasteiger partial charge is 0.481 e. The van der Waals surface area contributed by atoms with Crippen molar-refractivity contribution in [1.82, 2.24) is 9.21 Å². The van der Waals surface area contributed by atoms with Crippen molar-refractivity contribution in [2.75, 3.05) is 19.6 Å². The van der Waals surface area contributed by atoms with Crippen molar-refractivity contribution in [2.24, 2.45) is 0 Å². The molecular formula is C23H27F3N2O5S. The molecule has 1 fully saturated rings. The van der Waals surface area contributed by atoms with E-state index in [1.54, 1.807) is 24.3 Å². The number of carboxylic acid groups (broad SMARTS) is 1. The number of halogens is 3. The van der Waals surface area contributed by atoms with E-state index in [0.29, 0.717) is 31.6 Å². The second kappa shape index (κ2) is 10.3. The van der Waals surface area contributed by atoms with Gasteiger partial charge in [-0.15, -0.1) is 13.2 Å². The second-order valence-electron chi connectivity index (χ2n) is 8.45. The van der Waals surface area contributed by atoms with Gasteiger partial charge in [0.1, 0.15) is 5.75 Å². The standard InChI is InChI=1S/C23H27F3N2O5S/c1-16-14-27(11-10-18-6-8-20(9-7-18)33-23(24,25)26)15-17(2)28(16)34(31,32)21-5-3-4-19(12-21)13-22(29)30/h3-9,12,16-17H,10-11,13-15H2,1-2H3,(H,29,30)/t16-,17+. The summed E-state index contributed by atoms with van der Waals surface area (Å²) in [6.45, 7) is 5.26. The van der Waals surface area contributed by atoms with Gasteiger partial charge in [0, 0.05) is 31.7 Å². The fourth-order valence-electron chi connectivity index (χ4n) is 4.33. The molecule has 2 aromatic rings. The Balaban J connectivity index is 1.63. The first-order valence-electron chi connectivity index (χ1n) is 10.8. The van der Waals surface area contributed by atoms with Crippen LogP contribution in [0.25, 0.3) is 0 Å². The van der Waals surface area contributed by atoms with Gasteiger partial charge in [0.25, 0.3) is 0 Å². The molecule has 0 radical (unpaired) electrons. The van der Waals surface area contributed by atoms with Gasteiger partial charge in [-0.05, 0) is 55.7 Å². The highest BCUT2D eigenvalue weighted by Crippen LogP contribution is 2.27. The normalized spacial score (nSPS) is 20.3. The molecule has 11 heteroatoms. The highest BCUT2D eigenvalue weighted by molar-refractivity contribution is 7.89. The number of piperazine rings is 1. The Morgan fingerprint density at radius 1 is 1.06 bits per heavy atom. The number of sulfonamides is 1. The van der Waals surface area contributed by atoms with Crippen LogP contribution in [0.1, 0.15) is 25.0 Å². The lowest BCUT2D eigenvalue weighted by Crippen LogP contribution is -2.58. The fourth-order valence-corrected chi connectivity index (χ4v) is 6.21. The van der Waals surface area contributed by atoms with Crippen LogP contribution in [-0.2, 0) is 27.7 Å². The summed E-state index contributed by atoms with van der Waals surface area (Å²) in [5.74, 6) is -1.31. The summed E-state index contributed by atoms with van der Waals surface area (Å²) in [6, 6.07) is 11.1. The van der Waals surface area contributed by atoms with Gasteiger partial charge in [0.05, 0.1) is 11.3 Å². The lowest BCUT2D eigenvalue weighted by Gasteiger charge is -2.43. The first kappa shape index (κ1) is 26.0. The number of ether oxygens (including phenoxy) is 1. The van der Waals surface area contributed by atoms with Crippen LogP contribution < -0.4 is 4.74 Å². The Bertz CT molecular complexity index is 1090. The van der Waals surface area contributed by atoms with Crippen molar-refractivity contribution in [3.8, 4) is 5.75 Å². The number of aliphatic carboxylic acids is 1. The molecule has 0 unspecified atom stereocenters. The zero-order valence-corrected chi connectivity index (χ0v) is 19.6. The Labute approximate surface area is 196 Å². The van der Waals surface area contributed by atoms with E-state index < -0.39 is 22.4 Å². The minimum absolute atomic E-state index is 0.0690. The topological polar surface area (TPSA) is 87.2 Å². The van der Waals surface area contributed by atoms with E-state index in [4.69, 9.17) is 5.11 Å². The summed E-state index contributed by atoms with van der Waals surface area (Å²) in [5, 5.41) is 9.00. The number of nitrogens with zero attached hydrogens (tertiary/aromatic N) is 2. The average Bonchev–Trinajstić information content (AvgIpc) is 2.71. The van der Waals surface area contributed by atoms with Gasteiger partial charge in [-0.25, -0.2) is 8.42 Å². The summed E-state index contributed by atoms with van der Waals surface area (Å²) in [7, 11) is -3.82. The average molecular weight is 501 g/mol. The summed E-state index contributed by atoms with van der Waals surface area (Å²) in [5.41, 5.74) is 1.26. The van der Waals surface area contributed by atoms with E-state index in [0.717, 1.165) is 5.56 Å². The van der Waals surface area contributed by atoms with Gasteiger partial charge in [-0.2, -0.15) is 4.31 Å². The highest BCUT2D eigenvalue weighted by atomic mass is 32.2. The number of benzene rings is 2. The Morgan fingerprint density at radius 3 is 2.24 bits per heavy atom. The van der Waals surface area contributed by atoms with Crippen LogP contribution in [0.4, 0.5) is 13.2 Å². The summed E-state index contributed by atoms with van der Waals surface area (Å²) >= 11 is 0. The first-order valence-corrected chi connectivity index (χ1v) is 12.2. The van der Waals surface area contributed by atoms with E-state index in [2.05, 4.69) is 9.64 Å². The molecule has 1 aliphatic rings. The maximum absolute atomic E-state index is 13.3. The monoisotopic (exact) mass is 500 g/mol. The van der Waals surface area contributed by atoms with Gasteiger partial charge in [-0.1, -0.05) is 24.3 Å². The van der Waals surface area contributed by atoms with E-state index in [9.17, 15) is 26.4 Å². The SMILES string of the molecule is C[C@@H]1CN(CCc2ccc(OC(F)(F)F)cc2)C[C@H](C)N1S(=O)(=O)c1cccc(CC(=O)O)c1. The minimum Gasteiger partial charge on any atom is -0.481 e. The van der Waals surface area contributed by atoms with Crippen molar-refractivity contribution in [3.05, 3.63) is 59.7 Å². The zero-order valence-electron chi connectivity index (χ0n) is 18.8. The summed E-state index contributed by atoms with van der Waals surface area (Å²) in [6.07, 6.45) is -4.40. The molecule has 2 aromatic carbocycles. The maximum Gasteiger partial charge on any atom is 0.573 e. The van der Waals surface area contributed by atoms with E-state index in [1.807, 2.05) is 13.8 Å². The van der Waals surface area contributed by atoms with Gasteiger partial charge < -0.3 is 9.84 Å². The third-order valence-electron chi connectivity index (χ3n) is 5.62. The molecule has 34 heavy (non-hydrogen) atoms. The molecule has 0 bridgehead atoms. The number of hydrogen-bond donors (Lipinski definition) is 1. The van der Waals surface area contributed by atoms with Crippen molar-refractivity contribution >= 4 is 16.0 Å². The zero-order chi connectivity index (χ0) is 25.1. The van der Waals surface area contributed by atoms with Crippen LogP contribution in [0.3, 0.4) is 0 Å². The number of alkyl halides is 3. The molecule has 1 N–H and O–H groups in total. The minimum atomic E-state index is -4.73. The van der Waals surface area contributed by atoms with Gasteiger partial charge in [0.15, 0.2) is 0 Å². The molecule has 1 heterocycles. The van der Waals surface area contributed by atoms with Crippen LogP contribution >= 0.6 is 0 Å². The van der Waals surface area contributed by atoms with Crippen LogP contribution in [-0.4, -0.2) is 66.8 Å². The third kappa shape index (κ3) is 6.71. The second-order valence-corrected chi connectivity index (χ2v) is 10.3. The molecule has 0 spiro atoms. The summed E-state index contributed by atoms with van der Waals surface area (Å²) in [4.78, 5) is 13.2. The van der Waals surface area contributed by atoms with Crippen molar-refractivity contribution in [1.29, 1.82) is 0 Å². The largest absolute Gasteiger partial charge is 0.573 e. The molecule has 2 atom stereocenters. The van der Waals surface area contributed by atoms with Crippen LogP contribution in [0.15, 0.2) is 53.4 Å². The molecule has 0 aliphatic carbocycles. The molecule has 186 valence electrons. The van der Waals surface area contributed by atoms with Crippen LogP contribution in [0.2, 0.25) is 0 Å². The molecule has 0 saturated carbocycles. The highest BCUT2D eigenvalue weighted by Gasteiger charge is 2.38. The third-order valence-corrected chi connectivity index (χ3v) is 7.74. The van der Waals surface area contributed by atoms with E-state index in [-0.39, 0.29) is 29.1 Å². The Morgan fingerprint density at radius 2 is 1.68 bits per heavy atom. The Hall–Kier alpha value is -2.63. The Kier molecular flexibility index (Phi) is 7.89. The van der Waals surface area contributed by atoms with Crippen molar-refractivity contribution in [3.63, 3.8) is 0 Å². The molecule has 1 saturated heterocycles. The molecule has 3 rings (SSSR count). The predicted molar refractivity (Wildman–Crippen MR) is 119 cm³/mol. The number of rotatable bonds is 8. The van der Waals surface area contributed by atoms with Crippen molar-refractivity contribution < 1.29 is 36.2 Å². The quantitative estimate of drug-likeness (QED) is 0.597. The number of carbonyl (C=O) groups is 1. The van der Waals surface area contributed by atoms with E-state index >= 15 is 0 Å². The molecular weight excluding hydrogens is 473 g/mol. The van der Waals surface area contributed by atoms with Crippen LogP contribution in [0.5, 0.6) is 5.75 Å². The van der Waals surface area contributed by atoms with Gasteiger partial charge in [-0.3, -0.25) is 9.69 Å². The van der Waals surface area contributed by atoms with Crippen molar-refractivity contribution in [2.45, 2.75) is 50.0 Å². The molecule has 0 aromatic heterocycles. The summed E-state index contributed by atoms with van der Waals surface area (Å²) < 4.78 is 68.9. The molecule has 7 nitrogen and oxygen atoms in total. The van der Waals surface area contributed by atoms with E-state index in [1.165, 1.54) is 28.6 Å². The fraction of sp³-hybridized carbons (Fsp3) is 0.435. The first-order chi connectivity index (χ1) is 15.8. The van der Waals surface area contributed by atoms with Gasteiger partial charge in [0.2, 0.25) is 10.0 Å². The molecule has 1 aliphatic heterocycles. The van der Waals surface area contributed by atoms with Crippen LogP contribution in [0, 0.1) is 0 Å². The number of hydrogen-bond acceptors (Lipinski definition) is 5. The number of carboxylic acids is 1. The predicted octanol–water partition coefficient (Wildman–Crippen LogP) is 3.54. The lowest BCUT2D eigenvalue weighted by atomic mass is 10.1. The maximum atomic E-state index is 13.3. The lowest BCUT2D eigenvalue weighted by molar-refractivity contribution is -0.274. The van der Waals surface area contributed by atoms with Gasteiger partial charge >= 0.3 is 12.3 Å². The molecule has 0 amide bonds.